The maximum absolute atomic E-state index is 9.10. The lowest BCUT2D eigenvalue weighted by Crippen LogP contribution is -2.04. The number of aliphatic hydroxyl groups excluding tert-OH is 1. The topological polar surface area (TPSA) is 38.7 Å². The third kappa shape index (κ3) is 6.17. The third-order valence-corrected chi connectivity index (χ3v) is 2.33. The average Bonchev–Trinajstić information content (AvgIpc) is 2.33. The molecule has 1 aromatic carbocycles. The minimum Gasteiger partial charge on any atom is -0.494 e. The van der Waals surface area contributed by atoms with E-state index in [2.05, 4.69) is 6.92 Å². The molecule has 1 unspecified atom stereocenters. The molecular formula is C14H22O3. The summed E-state index contributed by atoms with van der Waals surface area (Å²) in [6.45, 7) is 5.26. The second-order valence-electron chi connectivity index (χ2n) is 4.16. The number of aliphatic hydroxyl groups is 1. The van der Waals surface area contributed by atoms with Crippen LogP contribution in [0.4, 0.5) is 0 Å². The molecule has 0 saturated heterocycles. The molecule has 1 N–H and O–H groups in total. The van der Waals surface area contributed by atoms with E-state index in [-0.39, 0.29) is 6.10 Å². The lowest BCUT2D eigenvalue weighted by molar-refractivity contribution is 0.170. The quantitative estimate of drug-likeness (QED) is 0.707. The highest BCUT2D eigenvalue weighted by Gasteiger charge is 1.98. The molecule has 0 spiro atoms. The monoisotopic (exact) mass is 238 g/mol. The Kier molecular flexibility index (Phi) is 6.48. The van der Waals surface area contributed by atoms with Gasteiger partial charge in [0.15, 0.2) is 0 Å². The molecule has 0 bridgehead atoms. The van der Waals surface area contributed by atoms with Crippen LogP contribution in [-0.2, 0) is 0 Å². The minimum atomic E-state index is -0.247. The largest absolute Gasteiger partial charge is 0.494 e. The van der Waals surface area contributed by atoms with Gasteiger partial charge in [-0.2, -0.15) is 0 Å². The fraction of sp³-hybridized carbons (Fsp3) is 0.571. The summed E-state index contributed by atoms with van der Waals surface area (Å²) < 4.78 is 11.0. The molecule has 0 fully saturated rings. The first-order valence-electron chi connectivity index (χ1n) is 6.26. The SMILES string of the molecule is CCCOc1ccc(OCCCC(C)O)cc1. The highest BCUT2D eigenvalue weighted by atomic mass is 16.5. The fourth-order valence-electron chi connectivity index (χ4n) is 1.42. The van der Waals surface area contributed by atoms with Crippen molar-refractivity contribution in [3.8, 4) is 11.5 Å². The molecule has 3 nitrogen and oxygen atoms in total. The first-order valence-corrected chi connectivity index (χ1v) is 6.26. The van der Waals surface area contributed by atoms with Gasteiger partial charge >= 0.3 is 0 Å². The van der Waals surface area contributed by atoms with Gasteiger partial charge in [0.05, 0.1) is 19.3 Å². The molecule has 1 atom stereocenters. The van der Waals surface area contributed by atoms with Gasteiger partial charge in [-0.15, -0.1) is 0 Å². The molecule has 0 aliphatic heterocycles. The van der Waals surface area contributed by atoms with Gasteiger partial charge in [0, 0.05) is 0 Å². The second-order valence-corrected chi connectivity index (χ2v) is 4.16. The van der Waals surface area contributed by atoms with E-state index in [0.29, 0.717) is 6.61 Å². The Hall–Kier alpha value is -1.22. The van der Waals surface area contributed by atoms with E-state index in [1.807, 2.05) is 24.3 Å². The van der Waals surface area contributed by atoms with Crippen LogP contribution < -0.4 is 9.47 Å². The van der Waals surface area contributed by atoms with Gasteiger partial charge in [0.2, 0.25) is 0 Å². The van der Waals surface area contributed by atoms with Crippen molar-refractivity contribution >= 4 is 0 Å². The van der Waals surface area contributed by atoms with Gasteiger partial charge in [0.25, 0.3) is 0 Å². The Morgan fingerprint density at radius 1 is 1.06 bits per heavy atom. The van der Waals surface area contributed by atoms with E-state index in [4.69, 9.17) is 14.6 Å². The van der Waals surface area contributed by atoms with Crippen LogP contribution in [0.2, 0.25) is 0 Å². The smallest absolute Gasteiger partial charge is 0.119 e. The highest BCUT2D eigenvalue weighted by Crippen LogP contribution is 2.18. The summed E-state index contributed by atoms with van der Waals surface area (Å²) in [4.78, 5) is 0. The Bertz CT molecular complexity index is 293. The van der Waals surface area contributed by atoms with E-state index in [9.17, 15) is 0 Å². The predicted molar refractivity (Wildman–Crippen MR) is 68.6 cm³/mol. The van der Waals surface area contributed by atoms with Crippen molar-refractivity contribution in [1.29, 1.82) is 0 Å². The first-order chi connectivity index (χ1) is 8.22. The normalized spacial score (nSPS) is 12.2. The molecule has 96 valence electrons. The number of ether oxygens (including phenoxy) is 2. The summed E-state index contributed by atoms with van der Waals surface area (Å²) in [6.07, 6.45) is 2.41. The summed E-state index contributed by atoms with van der Waals surface area (Å²) in [7, 11) is 0. The number of rotatable bonds is 8. The van der Waals surface area contributed by atoms with Gasteiger partial charge in [-0.1, -0.05) is 6.92 Å². The van der Waals surface area contributed by atoms with Gasteiger partial charge in [0.1, 0.15) is 11.5 Å². The van der Waals surface area contributed by atoms with Crippen molar-refractivity contribution in [2.45, 2.75) is 39.2 Å². The van der Waals surface area contributed by atoms with E-state index >= 15 is 0 Å². The summed E-state index contributed by atoms with van der Waals surface area (Å²) in [5.74, 6) is 1.72. The maximum atomic E-state index is 9.10. The van der Waals surface area contributed by atoms with Gasteiger partial charge in [-0.05, 0) is 50.5 Å². The van der Waals surface area contributed by atoms with Crippen LogP contribution >= 0.6 is 0 Å². The summed E-state index contributed by atoms with van der Waals surface area (Å²) in [5.41, 5.74) is 0. The molecule has 17 heavy (non-hydrogen) atoms. The number of hydrogen-bond acceptors (Lipinski definition) is 3. The molecule has 1 aromatic rings. The highest BCUT2D eigenvalue weighted by molar-refractivity contribution is 5.31. The molecule has 1 rings (SSSR count). The zero-order valence-corrected chi connectivity index (χ0v) is 10.7. The van der Waals surface area contributed by atoms with Crippen LogP contribution in [0.1, 0.15) is 33.1 Å². The third-order valence-electron chi connectivity index (χ3n) is 2.33. The van der Waals surface area contributed by atoms with E-state index < -0.39 is 0 Å². The van der Waals surface area contributed by atoms with E-state index in [1.54, 1.807) is 6.92 Å². The Morgan fingerprint density at radius 3 is 2.06 bits per heavy atom. The molecule has 0 aromatic heterocycles. The van der Waals surface area contributed by atoms with Crippen molar-refractivity contribution in [3.05, 3.63) is 24.3 Å². The summed E-state index contributed by atoms with van der Waals surface area (Å²) in [6, 6.07) is 7.65. The Balaban J connectivity index is 2.25. The van der Waals surface area contributed by atoms with Gasteiger partial charge in [-0.3, -0.25) is 0 Å². The van der Waals surface area contributed by atoms with Crippen LogP contribution in [0.3, 0.4) is 0 Å². The van der Waals surface area contributed by atoms with Crippen molar-refractivity contribution in [1.82, 2.24) is 0 Å². The zero-order valence-electron chi connectivity index (χ0n) is 10.7. The molecule has 0 amide bonds. The van der Waals surface area contributed by atoms with Crippen LogP contribution in [-0.4, -0.2) is 24.4 Å². The van der Waals surface area contributed by atoms with Gasteiger partial charge in [-0.25, -0.2) is 0 Å². The molecule has 0 aliphatic rings. The Morgan fingerprint density at radius 2 is 1.59 bits per heavy atom. The average molecular weight is 238 g/mol. The lowest BCUT2D eigenvalue weighted by atomic mass is 10.2. The van der Waals surface area contributed by atoms with Gasteiger partial charge < -0.3 is 14.6 Å². The number of benzene rings is 1. The lowest BCUT2D eigenvalue weighted by Gasteiger charge is -2.08. The standard InChI is InChI=1S/C14H22O3/c1-3-10-16-13-6-8-14(9-7-13)17-11-4-5-12(2)15/h6-9,12,15H,3-5,10-11H2,1-2H3. The van der Waals surface area contributed by atoms with Crippen molar-refractivity contribution in [3.63, 3.8) is 0 Å². The van der Waals surface area contributed by atoms with Crippen molar-refractivity contribution in [2.75, 3.05) is 13.2 Å². The molecule has 3 heteroatoms. The Labute approximate surface area is 103 Å². The predicted octanol–water partition coefficient (Wildman–Crippen LogP) is 3.02. The molecular weight excluding hydrogens is 216 g/mol. The van der Waals surface area contributed by atoms with Crippen LogP contribution in [0.15, 0.2) is 24.3 Å². The first kappa shape index (κ1) is 13.8. The summed E-state index contributed by atoms with van der Waals surface area (Å²) in [5, 5.41) is 9.10. The van der Waals surface area contributed by atoms with E-state index in [1.165, 1.54) is 0 Å². The number of hydrogen-bond donors (Lipinski definition) is 1. The minimum absolute atomic E-state index is 0.247. The van der Waals surface area contributed by atoms with Crippen LogP contribution in [0.5, 0.6) is 11.5 Å². The zero-order chi connectivity index (χ0) is 12.5. The second kappa shape index (κ2) is 7.96. The van der Waals surface area contributed by atoms with E-state index in [0.717, 1.165) is 37.4 Å². The van der Waals surface area contributed by atoms with Crippen molar-refractivity contribution in [2.24, 2.45) is 0 Å². The fourth-order valence-corrected chi connectivity index (χ4v) is 1.42. The van der Waals surface area contributed by atoms with Crippen LogP contribution in [0.25, 0.3) is 0 Å². The van der Waals surface area contributed by atoms with Crippen LogP contribution in [0, 0.1) is 0 Å². The van der Waals surface area contributed by atoms with Crippen molar-refractivity contribution < 1.29 is 14.6 Å². The molecule has 0 heterocycles. The molecule has 0 aliphatic carbocycles. The molecule has 0 radical (unpaired) electrons. The maximum Gasteiger partial charge on any atom is 0.119 e. The summed E-state index contributed by atoms with van der Waals surface area (Å²) >= 11 is 0. The molecule has 0 saturated carbocycles.